The van der Waals surface area contributed by atoms with E-state index in [1.807, 2.05) is 0 Å². The SMILES string of the molecule is Brc1cccc2c1OC1CCC[C@H](C2)Oc2c(Br)cccc2C1. The van der Waals surface area contributed by atoms with Crippen molar-refractivity contribution < 1.29 is 9.47 Å². The average Bonchev–Trinajstić information content (AvgIpc) is 2.66. The van der Waals surface area contributed by atoms with Crippen molar-refractivity contribution in [1.29, 1.82) is 0 Å². The molecule has 0 aromatic heterocycles. The molecule has 0 amide bonds. The zero-order valence-electron chi connectivity index (χ0n) is 12.7. The fourth-order valence-electron chi connectivity index (χ4n) is 3.49. The number of rotatable bonds is 0. The molecule has 1 unspecified atom stereocenters. The van der Waals surface area contributed by atoms with Crippen molar-refractivity contribution in [3.8, 4) is 11.5 Å². The second-order valence-corrected chi connectivity index (χ2v) is 7.98. The molecule has 120 valence electrons. The Hall–Kier alpha value is -1.00. The van der Waals surface area contributed by atoms with Crippen molar-refractivity contribution in [2.45, 2.75) is 44.3 Å². The summed E-state index contributed by atoms with van der Waals surface area (Å²) in [6.45, 7) is 0. The summed E-state index contributed by atoms with van der Waals surface area (Å²) < 4.78 is 15.0. The molecule has 4 rings (SSSR count). The molecule has 0 N–H and O–H groups in total. The van der Waals surface area contributed by atoms with Crippen LogP contribution in [0.1, 0.15) is 30.4 Å². The van der Waals surface area contributed by atoms with Gasteiger partial charge in [-0.2, -0.15) is 0 Å². The minimum Gasteiger partial charge on any atom is -0.489 e. The Morgan fingerprint density at radius 2 is 1.22 bits per heavy atom. The molecule has 2 heterocycles. The monoisotopic (exact) mass is 436 g/mol. The van der Waals surface area contributed by atoms with Gasteiger partial charge in [0.05, 0.1) is 8.95 Å². The Kier molecular flexibility index (Phi) is 4.37. The number of halogens is 2. The first-order valence-electron chi connectivity index (χ1n) is 8.09. The average molecular weight is 438 g/mol. The predicted octanol–water partition coefficient (Wildman–Crippen LogP) is 5.69. The van der Waals surface area contributed by atoms with Gasteiger partial charge < -0.3 is 9.47 Å². The fourth-order valence-corrected chi connectivity index (χ4v) is 4.50. The minimum absolute atomic E-state index is 0.181. The highest BCUT2D eigenvalue weighted by atomic mass is 79.9. The van der Waals surface area contributed by atoms with E-state index < -0.39 is 0 Å². The van der Waals surface area contributed by atoms with E-state index in [4.69, 9.17) is 9.47 Å². The van der Waals surface area contributed by atoms with Crippen molar-refractivity contribution in [2.75, 3.05) is 0 Å². The van der Waals surface area contributed by atoms with E-state index in [1.54, 1.807) is 0 Å². The number of para-hydroxylation sites is 2. The van der Waals surface area contributed by atoms with Crippen molar-refractivity contribution >= 4 is 31.9 Å². The summed E-state index contributed by atoms with van der Waals surface area (Å²) in [6.07, 6.45) is 5.37. The third kappa shape index (κ3) is 3.16. The molecule has 2 nitrogen and oxygen atoms in total. The Morgan fingerprint density at radius 1 is 0.739 bits per heavy atom. The fraction of sp³-hybridized carbons (Fsp3) is 0.368. The van der Waals surface area contributed by atoms with Gasteiger partial charge in [-0.3, -0.25) is 0 Å². The van der Waals surface area contributed by atoms with Crippen molar-refractivity contribution in [1.82, 2.24) is 0 Å². The van der Waals surface area contributed by atoms with Crippen LogP contribution in [0.3, 0.4) is 0 Å². The Morgan fingerprint density at radius 3 is 1.70 bits per heavy atom. The van der Waals surface area contributed by atoms with E-state index in [9.17, 15) is 0 Å². The van der Waals surface area contributed by atoms with E-state index in [0.717, 1.165) is 52.5 Å². The number of hydrogen-bond acceptors (Lipinski definition) is 2. The molecule has 0 aliphatic carbocycles. The van der Waals surface area contributed by atoms with Crippen LogP contribution in [0, 0.1) is 0 Å². The molecule has 23 heavy (non-hydrogen) atoms. The van der Waals surface area contributed by atoms with Gasteiger partial charge in [0, 0.05) is 12.8 Å². The molecule has 2 aromatic carbocycles. The molecule has 2 aliphatic rings. The van der Waals surface area contributed by atoms with Gasteiger partial charge in [0.2, 0.25) is 0 Å². The van der Waals surface area contributed by atoms with Gasteiger partial charge in [-0.15, -0.1) is 0 Å². The molecule has 2 bridgehead atoms. The van der Waals surface area contributed by atoms with E-state index in [-0.39, 0.29) is 12.2 Å². The van der Waals surface area contributed by atoms with Crippen LogP contribution in [-0.4, -0.2) is 12.2 Å². The summed E-state index contributed by atoms with van der Waals surface area (Å²) >= 11 is 7.31. The highest BCUT2D eigenvalue weighted by Crippen LogP contribution is 2.39. The van der Waals surface area contributed by atoms with Crippen LogP contribution in [0.25, 0.3) is 0 Å². The summed E-state index contributed by atoms with van der Waals surface area (Å²) in [5, 5.41) is 0. The molecule has 0 saturated heterocycles. The molecule has 0 spiro atoms. The van der Waals surface area contributed by atoms with E-state index in [1.165, 1.54) is 11.1 Å². The van der Waals surface area contributed by atoms with Gasteiger partial charge in [0.25, 0.3) is 0 Å². The molecule has 0 radical (unpaired) electrons. The maximum Gasteiger partial charge on any atom is 0.137 e. The zero-order chi connectivity index (χ0) is 15.8. The molecular weight excluding hydrogens is 420 g/mol. The van der Waals surface area contributed by atoms with Gasteiger partial charge in [0.15, 0.2) is 0 Å². The van der Waals surface area contributed by atoms with Crippen molar-refractivity contribution in [2.24, 2.45) is 0 Å². The van der Waals surface area contributed by atoms with Gasteiger partial charge in [-0.25, -0.2) is 0 Å². The van der Waals surface area contributed by atoms with Crippen molar-refractivity contribution in [3.63, 3.8) is 0 Å². The summed E-state index contributed by atoms with van der Waals surface area (Å²) in [5.74, 6) is 1.98. The Labute approximate surface area is 153 Å². The first-order chi connectivity index (χ1) is 11.2. The minimum atomic E-state index is 0.181. The Balaban J connectivity index is 1.82. The largest absolute Gasteiger partial charge is 0.489 e. The first-order valence-corrected chi connectivity index (χ1v) is 9.67. The maximum atomic E-state index is 6.45. The van der Waals surface area contributed by atoms with Gasteiger partial charge >= 0.3 is 0 Å². The summed E-state index contributed by atoms with van der Waals surface area (Å²) in [5.41, 5.74) is 2.46. The third-order valence-electron chi connectivity index (χ3n) is 4.61. The summed E-state index contributed by atoms with van der Waals surface area (Å²) in [7, 11) is 0. The molecule has 0 fully saturated rings. The zero-order valence-corrected chi connectivity index (χ0v) is 15.9. The second kappa shape index (κ2) is 6.48. The molecular formula is C19H18Br2O2. The van der Waals surface area contributed by atoms with E-state index >= 15 is 0 Å². The number of hydrogen-bond donors (Lipinski definition) is 0. The molecule has 2 aliphatic heterocycles. The predicted molar refractivity (Wildman–Crippen MR) is 98.4 cm³/mol. The summed E-state index contributed by atoms with van der Waals surface area (Å²) in [4.78, 5) is 0. The highest BCUT2D eigenvalue weighted by molar-refractivity contribution is 9.10. The molecule has 4 heteroatoms. The molecule has 2 atom stereocenters. The second-order valence-electron chi connectivity index (χ2n) is 6.28. The lowest BCUT2D eigenvalue weighted by atomic mass is 10.0. The number of fused-ring (bicyclic) bond motifs is 6. The van der Waals surface area contributed by atoms with Crippen LogP contribution in [0.4, 0.5) is 0 Å². The summed E-state index contributed by atoms with van der Waals surface area (Å²) in [6, 6.07) is 12.6. The first kappa shape index (κ1) is 15.5. The van der Waals surface area contributed by atoms with Crippen LogP contribution in [0.15, 0.2) is 45.3 Å². The topological polar surface area (TPSA) is 18.5 Å². The highest BCUT2D eigenvalue weighted by Gasteiger charge is 2.27. The lowest BCUT2D eigenvalue weighted by Crippen LogP contribution is -2.23. The number of ether oxygens (including phenoxy) is 2. The van der Waals surface area contributed by atoms with Crippen LogP contribution in [0.5, 0.6) is 11.5 Å². The Bertz CT molecular complexity index is 668. The lowest BCUT2D eigenvalue weighted by molar-refractivity contribution is 0.186. The van der Waals surface area contributed by atoms with Crippen molar-refractivity contribution in [3.05, 3.63) is 56.5 Å². The maximum absolute atomic E-state index is 6.45. The smallest absolute Gasteiger partial charge is 0.137 e. The van der Waals surface area contributed by atoms with E-state index in [2.05, 4.69) is 68.3 Å². The quantitative estimate of drug-likeness (QED) is 0.527. The third-order valence-corrected chi connectivity index (χ3v) is 5.86. The van der Waals surface area contributed by atoms with Crippen LogP contribution < -0.4 is 9.47 Å². The van der Waals surface area contributed by atoms with Crippen LogP contribution in [0.2, 0.25) is 0 Å². The molecule has 2 aromatic rings. The van der Waals surface area contributed by atoms with Gasteiger partial charge in [0.1, 0.15) is 23.7 Å². The normalized spacial score (nSPS) is 23.0. The van der Waals surface area contributed by atoms with Crippen LogP contribution in [-0.2, 0) is 12.8 Å². The lowest BCUT2D eigenvalue weighted by Gasteiger charge is -2.25. The van der Waals surface area contributed by atoms with E-state index in [0.29, 0.717) is 0 Å². The number of benzene rings is 2. The standard InChI is InChI=1S/C19H18Br2O2/c20-16-8-1-4-12-10-14-6-3-7-15(22-18(12)16)11-13-5-2-9-17(21)19(13)23-14/h1-2,4-5,8-9,14-15H,3,6-7,10-11H2/t14-,15?/m1/s1. The van der Waals surface area contributed by atoms with Gasteiger partial charge in [-0.1, -0.05) is 24.3 Å². The molecule has 0 saturated carbocycles. The van der Waals surface area contributed by atoms with Crippen LogP contribution >= 0.6 is 31.9 Å². The van der Waals surface area contributed by atoms with Gasteiger partial charge in [-0.05, 0) is 74.4 Å².